The van der Waals surface area contributed by atoms with Gasteiger partial charge in [0, 0.05) is 22.3 Å². The van der Waals surface area contributed by atoms with Crippen molar-refractivity contribution in [2.75, 3.05) is 0 Å². The summed E-state index contributed by atoms with van der Waals surface area (Å²) in [7, 11) is 0. The molecule has 0 radical (unpaired) electrons. The van der Waals surface area contributed by atoms with Crippen LogP contribution < -0.4 is 0 Å². The van der Waals surface area contributed by atoms with Gasteiger partial charge in [0.2, 0.25) is 0 Å². The van der Waals surface area contributed by atoms with Crippen molar-refractivity contribution >= 4 is 21.9 Å². The zero-order chi connectivity index (χ0) is 38.5. The second-order valence-corrected chi connectivity index (χ2v) is 15.5. The van der Waals surface area contributed by atoms with E-state index in [-0.39, 0.29) is 5.92 Å². The van der Waals surface area contributed by atoms with Crippen molar-refractivity contribution in [2.24, 2.45) is 0 Å². The van der Waals surface area contributed by atoms with Gasteiger partial charge in [0.25, 0.3) is 0 Å². The first-order valence-corrected chi connectivity index (χ1v) is 20.3. The molecule has 274 valence electrons. The molecular weight excluding hydrogens is 701 g/mol. The van der Waals surface area contributed by atoms with Crippen LogP contribution in [0.25, 0.3) is 55.3 Å². The van der Waals surface area contributed by atoms with E-state index in [1.54, 1.807) is 0 Å². The summed E-state index contributed by atoms with van der Waals surface area (Å²) in [5, 5.41) is 2.31. The molecular formula is C57H40O. The fraction of sp³-hybridized carbons (Fsp3) is 0.0526. The zero-order valence-electron chi connectivity index (χ0n) is 32.1. The quantitative estimate of drug-likeness (QED) is 0.151. The molecule has 0 saturated heterocycles. The molecule has 1 aliphatic rings. The summed E-state index contributed by atoms with van der Waals surface area (Å²) >= 11 is 0. The Kier molecular flexibility index (Phi) is 8.26. The largest absolute Gasteiger partial charge is 0.456 e. The molecule has 0 spiro atoms. The lowest BCUT2D eigenvalue weighted by atomic mass is 9.67. The first-order valence-electron chi connectivity index (χ1n) is 20.3. The second kappa shape index (κ2) is 14.1. The van der Waals surface area contributed by atoms with Gasteiger partial charge < -0.3 is 4.42 Å². The molecule has 0 amide bonds. The molecule has 10 aromatic rings. The average Bonchev–Trinajstić information content (AvgIpc) is 3.84. The highest BCUT2D eigenvalue weighted by molar-refractivity contribution is 6.06. The molecule has 2 unspecified atom stereocenters. The predicted molar refractivity (Wildman–Crippen MR) is 240 cm³/mol. The topological polar surface area (TPSA) is 13.1 Å². The molecule has 2 atom stereocenters. The van der Waals surface area contributed by atoms with E-state index in [1.165, 1.54) is 72.3 Å². The number of rotatable bonds is 8. The number of hydrogen-bond acceptors (Lipinski definition) is 1. The van der Waals surface area contributed by atoms with E-state index in [9.17, 15) is 0 Å². The van der Waals surface area contributed by atoms with Gasteiger partial charge in [-0.2, -0.15) is 0 Å². The molecule has 58 heavy (non-hydrogen) atoms. The summed E-state index contributed by atoms with van der Waals surface area (Å²) in [5.74, 6) is 0.0321. The van der Waals surface area contributed by atoms with Crippen molar-refractivity contribution in [3.63, 3.8) is 0 Å². The maximum absolute atomic E-state index is 6.76. The molecule has 9 aromatic carbocycles. The van der Waals surface area contributed by atoms with Crippen molar-refractivity contribution < 1.29 is 4.42 Å². The summed E-state index contributed by atoms with van der Waals surface area (Å²) in [5.41, 5.74) is 17.9. The van der Waals surface area contributed by atoms with Gasteiger partial charge in [0.05, 0.1) is 5.41 Å². The summed E-state index contributed by atoms with van der Waals surface area (Å²) < 4.78 is 6.76. The van der Waals surface area contributed by atoms with Crippen LogP contribution in [0.4, 0.5) is 0 Å². The molecule has 0 bridgehead atoms. The predicted octanol–water partition coefficient (Wildman–Crippen LogP) is 14.7. The van der Waals surface area contributed by atoms with E-state index >= 15 is 0 Å². The van der Waals surface area contributed by atoms with E-state index in [0.717, 1.165) is 28.4 Å². The van der Waals surface area contributed by atoms with Crippen LogP contribution in [0.5, 0.6) is 0 Å². The fourth-order valence-corrected chi connectivity index (χ4v) is 9.80. The SMILES string of the molecule is c1ccc(-c2ccc(C(Cc3cccc4c3-c3ccccc3C4(c3ccccc3)c3ccc(-c4ccccc4)cc3)c3cccc4c3oc3ccccc34)cc2)cc1. The van der Waals surface area contributed by atoms with Crippen molar-refractivity contribution in [2.45, 2.75) is 17.8 Å². The van der Waals surface area contributed by atoms with Crippen LogP contribution >= 0.6 is 0 Å². The Labute approximate surface area is 339 Å². The van der Waals surface area contributed by atoms with Gasteiger partial charge >= 0.3 is 0 Å². The van der Waals surface area contributed by atoms with Crippen LogP contribution in [0.2, 0.25) is 0 Å². The third-order valence-electron chi connectivity index (χ3n) is 12.4. The molecule has 1 aliphatic carbocycles. The van der Waals surface area contributed by atoms with E-state index in [2.05, 4.69) is 224 Å². The lowest BCUT2D eigenvalue weighted by molar-refractivity contribution is 0.654. The van der Waals surface area contributed by atoms with E-state index < -0.39 is 5.41 Å². The number of benzene rings is 9. The lowest BCUT2D eigenvalue weighted by Crippen LogP contribution is -2.28. The smallest absolute Gasteiger partial charge is 0.139 e. The fourth-order valence-electron chi connectivity index (χ4n) is 9.80. The molecule has 0 fully saturated rings. The van der Waals surface area contributed by atoms with Crippen LogP contribution in [-0.2, 0) is 11.8 Å². The Balaban J connectivity index is 1.11. The van der Waals surface area contributed by atoms with Crippen LogP contribution in [0.3, 0.4) is 0 Å². The molecule has 0 aliphatic heterocycles. The second-order valence-electron chi connectivity index (χ2n) is 15.5. The average molecular weight is 741 g/mol. The van der Waals surface area contributed by atoms with E-state index in [4.69, 9.17) is 4.42 Å². The Morgan fingerprint density at radius 1 is 0.397 bits per heavy atom. The first kappa shape index (κ1) is 34.1. The molecule has 11 rings (SSSR count). The molecule has 0 N–H and O–H groups in total. The van der Waals surface area contributed by atoms with Crippen LogP contribution in [-0.4, -0.2) is 0 Å². The Bertz CT molecular complexity index is 3050. The van der Waals surface area contributed by atoms with E-state index in [0.29, 0.717) is 0 Å². The summed E-state index contributed by atoms with van der Waals surface area (Å²) in [4.78, 5) is 0. The lowest BCUT2D eigenvalue weighted by Gasteiger charge is -2.34. The molecule has 1 heteroatoms. The third-order valence-corrected chi connectivity index (χ3v) is 12.4. The summed E-state index contributed by atoms with van der Waals surface area (Å²) in [6.07, 6.45) is 0.802. The zero-order valence-corrected chi connectivity index (χ0v) is 32.1. The highest BCUT2D eigenvalue weighted by Crippen LogP contribution is 2.57. The molecule has 1 aromatic heterocycles. The normalized spacial score (nSPS) is 15.0. The molecule has 0 saturated carbocycles. The maximum atomic E-state index is 6.76. The Hall–Kier alpha value is -7.22. The van der Waals surface area contributed by atoms with Gasteiger partial charge in [-0.25, -0.2) is 0 Å². The monoisotopic (exact) mass is 740 g/mol. The number of fused-ring (bicyclic) bond motifs is 6. The summed E-state index contributed by atoms with van der Waals surface area (Å²) in [6.45, 7) is 0. The highest BCUT2D eigenvalue weighted by atomic mass is 16.3. The van der Waals surface area contributed by atoms with Gasteiger partial charge in [0.1, 0.15) is 11.2 Å². The van der Waals surface area contributed by atoms with Gasteiger partial charge in [-0.15, -0.1) is 0 Å². The minimum Gasteiger partial charge on any atom is -0.456 e. The van der Waals surface area contributed by atoms with E-state index in [1.807, 2.05) is 0 Å². The number of furan rings is 1. The van der Waals surface area contributed by atoms with Gasteiger partial charge in [-0.3, -0.25) is 0 Å². The van der Waals surface area contributed by atoms with Crippen molar-refractivity contribution in [1.82, 2.24) is 0 Å². The number of hydrogen-bond donors (Lipinski definition) is 0. The molecule has 1 heterocycles. The first-order chi connectivity index (χ1) is 28.8. The minimum absolute atomic E-state index is 0.0321. The van der Waals surface area contributed by atoms with Crippen molar-refractivity contribution in [3.05, 3.63) is 263 Å². The summed E-state index contributed by atoms with van der Waals surface area (Å²) in [6, 6.07) is 82.2. The van der Waals surface area contributed by atoms with Crippen LogP contribution in [0.15, 0.2) is 229 Å². The highest BCUT2D eigenvalue weighted by Gasteiger charge is 2.46. The Morgan fingerprint density at radius 2 is 0.931 bits per heavy atom. The molecule has 1 nitrogen and oxygen atoms in total. The maximum Gasteiger partial charge on any atom is 0.139 e. The third kappa shape index (κ3) is 5.46. The van der Waals surface area contributed by atoms with Crippen LogP contribution in [0.1, 0.15) is 44.9 Å². The van der Waals surface area contributed by atoms with Gasteiger partial charge in [-0.1, -0.05) is 218 Å². The minimum atomic E-state index is -0.496. The standard InChI is InChI=1S/C57H40O/c1-4-16-39(17-5-1)41-30-32-43(33-31-41)51(49-26-15-25-48-47-23-11-13-29-54(47)58-56(48)49)38-44-20-14-28-53-55(44)50-24-10-12-27-52(50)57(53,45-21-8-3-9-22-45)46-36-34-42(35-37-46)40-18-6-2-7-19-40/h1-37,51H,38H2. The van der Waals surface area contributed by atoms with Crippen molar-refractivity contribution in [1.29, 1.82) is 0 Å². The van der Waals surface area contributed by atoms with Crippen LogP contribution in [0, 0.1) is 0 Å². The Morgan fingerprint density at radius 3 is 1.66 bits per heavy atom. The number of para-hydroxylation sites is 2. The van der Waals surface area contributed by atoms with Crippen molar-refractivity contribution in [3.8, 4) is 33.4 Å². The van der Waals surface area contributed by atoms with Gasteiger partial charge in [0.15, 0.2) is 0 Å². The van der Waals surface area contributed by atoms with Gasteiger partial charge in [-0.05, 0) is 79.2 Å².